The second kappa shape index (κ2) is 4.92. The van der Waals surface area contributed by atoms with Crippen LogP contribution in [0.4, 0.5) is 0 Å². The monoisotopic (exact) mass is 216 g/mol. The van der Waals surface area contributed by atoms with Crippen LogP contribution in [0, 0.1) is 5.92 Å². The lowest BCUT2D eigenvalue weighted by Gasteiger charge is -2.21. The minimum atomic E-state index is -0.833. The van der Waals surface area contributed by atoms with Crippen molar-refractivity contribution >= 4 is 5.91 Å². The Labute approximate surface area is 89.9 Å². The molecule has 1 saturated heterocycles. The van der Waals surface area contributed by atoms with Crippen molar-refractivity contribution in [3.63, 3.8) is 0 Å². The van der Waals surface area contributed by atoms with Crippen LogP contribution in [0.2, 0.25) is 0 Å². The molecule has 0 radical (unpaired) electrons. The van der Waals surface area contributed by atoms with E-state index in [0.717, 1.165) is 0 Å². The summed E-state index contributed by atoms with van der Waals surface area (Å²) in [5, 5.41) is 18.6. The van der Waals surface area contributed by atoms with E-state index in [4.69, 9.17) is 5.73 Å². The molecule has 1 aliphatic rings. The van der Waals surface area contributed by atoms with Crippen molar-refractivity contribution in [3.05, 3.63) is 0 Å². The van der Waals surface area contributed by atoms with Gasteiger partial charge >= 0.3 is 0 Å². The first-order chi connectivity index (χ1) is 6.91. The lowest BCUT2D eigenvalue weighted by atomic mass is 10.0. The van der Waals surface area contributed by atoms with Crippen molar-refractivity contribution < 1.29 is 15.0 Å². The molecule has 1 aliphatic heterocycles. The average molecular weight is 216 g/mol. The summed E-state index contributed by atoms with van der Waals surface area (Å²) in [5.41, 5.74) is 5.73. The van der Waals surface area contributed by atoms with Crippen molar-refractivity contribution in [2.45, 2.75) is 38.5 Å². The third-order valence-electron chi connectivity index (χ3n) is 2.61. The first-order valence-electron chi connectivity index (χ1n) is 5.32. The Morgan fingerprint density at radius 2 is 1.87 bits per heavy atom. The van der Waals surface area contributed by atoms with E-state index in [1.165, 1.54) is 4.90 Å². The van der Waals surface area contributed by atoms with E-state index in [1.54, 1.807) is 0 Å². The molecule has 1 rings (SSSR count). The molecule has 5 heteroatoms. The Bertz CT molecular complexity index is 223. The van der Waals surface area contributed by atoms with Gasteiger partial charge in [0, 0.05) is 13.1 Å². The fraction of sp³-hybridized carbons (Fsp3) is 0.900. The Hall–Kier alpha value is -0.650. The van der Waals surface area contributed by atoms with Crippen LogP contribution in [0.5, 0.6) is 0 Å². The third-order valence-corrected chi connectivity index (χ3v) is 2.61. The highest BCUT2D eigenvalue weighted by atomic mass is 16.3. The number of rotatable bonds is 3. The van der Waals surface area contributed by atoms with Crippen molar-refractivity contribution in [3.8, 4) is 0 Å². The largest absolute Gasteiger partial charge is 0.388 e. The van der Waals surface area contributed by atoms with Crippen LogP contribution >= 0.6 is 0 Å². The summed E-state index contributed by atoms with van der Waals surface area (Å²) in [5.74, 6) is 0.181. The smallest absolute Gasteiger partial charge is 0.239 e. The summed E-state index contributed by atoms with van der Waals surface area (Å²) in [6.45, 7) is 4.37. The number of carbonyl (C=O) groups excluding carboxylic acids is 1. The highest BCUT2D eigenvalue weighted by Crippen LogP contribution is 2.13. The molecule has 0 aromatic carbocycles. The van der Waals surface area contributed by atoms with Crippen LogP contribution in [-0.4, -0.2) is 52.4 Å². The SMILES string of the molecule is CC(C)C[C@H](N)C(=O)N1CC(O)C(O)C1. The molecule has 0 aliphatic carbocycles. The van der Waals surface area contributed by atoms with E-state index in [1.807, 2.05) is 13.8 Å². The second-order valence-corrected chi connectivity index (χ2v) is 4.61. The van der Waals surface area contributed by atoms with Crippen molar-refractivity contribution in [2.75, 3.05) is 13.1 Å². The van der Waals surface area contributed by atoms with Crippen LogP contribution in [0.25, 0.3) is 0 Å². The fourth-order valence-electron chi connectivity index (χ4n) is 1.79. The van der Waals surface area contributed by atoms with Crippen LogP contribution in [0.15, 0.2) is 0 Å². The van der Waals surface area contributed by atoms with Crippen LogP contribution in [-0.2, 0) is 4.79 Å². The van der Waals surface area contributed by atoms with Crippen molar-refractivity contribution in [2.24, 2.45) is 11.7 Å². The topological polar surface area (TPSA) is 86.8 Å². The third kappa shape index (κ3) is 3.15. The lowest BCUT2D eigenvalue weighted by Crippen LogP contribution is -2.43. The zero-order chi connectivity index (χ0) is 11.6. The minimum Gasteiger partial charge on any atom is -0.388 e. The number of nitrogens with zero attached hydrogens (tertiary/aromatic N) is 1. The zero-order valence-corrected chi connectivity index (χ0v) is 9.26. The van der Waals surface area contributed by atoms with Gasteiger partial charge in [0.25, 0.3) is 0 Å². The Morgan fingerprint density at radius 3 is 2.27 bits per heavy atom. The summed E-state index contributed by atoms with van der Waals surface area (Å²) < 4.78 is 0. The summed E-state index contributed by atoms with van der Waals surface area (Å²) >= 11 is 0. The van der Waals surface area contributed by atoms with Gasteiger partial charge in [-0.25, -0.2) is 0 Å². The molecule has 88 valence electrons. The molecule has 0 aromatic heterocycles. The van der Waals surface area contributed by atoms with Gasteiger partial charge in [-0.2, -0.15) is 0 Å². The number of aliphatic hydroxyl groups excluding tert-OH is 2. The fourth-order valence-corrected chi connectivity index (χ4v) is 1.79. The Kier molecular flexibility index (Phi) is 4.07. The molecule has 0 bridgehead atoms. The maximum atomic E-state index is 11.8. The molecule has 1 fully saturated rings. The van der Waals surface area contributed by atoms with Gasteiger partial charge in [0.1, 0.15) is 0 Å². The second-order valence-electron chi connectivity index (χ2n) is 4.61. The number of hydrogen-bond donors (Lipinski definition) is 3. The molecule has 3 atom stereocenters. The number of aliphatic hydroxyl groups is 2. The molecule has 0 saturated carbocycles. The van der Waals surface area contributed by atoms with E-state index >= 15 is 0 Å². The molecular formula is C10H20N2O3. The van der Waals surface area contributed by atoms with E-state index in [9.17, 15) is 15.0 Å². The van der Waals surface area contributed by atoms with Crippen molar-refractivity contribution in [1.29, 1.82) is 0 Å². The number of hydrogen-bond acceptors (Lipinski definition) is 4. The number of β-amino-alcohol motifs (C(OH)–C–C–N with tert-alkyl or cyclic N) is 2. The lowest BCUT2D eigenvalue weighted by molar-refractivity contribution is -0.132. The molecule has 15 heavy (non-hydrogen) atoms. The standard InChI is InChI=1S/C10H20N2O3/c1-6(2)3-7(11)10(15)12-4-8(13)9(14)5-12/h6-9,13-14H,3-5,11H2,1-2H3/t7-,8?,9?/m0/s1. The van der Waals surface area contributed by atoms with Crippen LogP contribution < -0.4 is 5.73 Å². The Balaban J connectivity index is 2.47. The van der Waals surface area contributed by atoms with E-state index in [-0.39, 0.29) is 19.0 Å². The normalized spacial score (nSPS) is 28.5. The number of amides is 1. The maximum absolute atomic E-state index is 11.8. The van der Waals surface area contributed by atoms with E-state index in [2.05, 4.69) is 0 Å². The minimum absolute atomic E-state index is 0.181. The Morgan fingerprint density at radius 1 is 1.40 bits per heavy atom. The number of carbonyl (C=O) groups is 1. The first kappa shape index (κ1) is 12.4. The van der Waals surface area contributed by atoms with Crippen LogP contribution in [0.1, 0.15) is 20.3 Å². The van der Waals surface area contributed by atoms with Gasteiger partial charge in [-0.15, -0.1) is 0 Å². The molecule has 2 unspecified atom stereocenters. The van der Waals surface area contributed by atoms with E-state index in [0.29, 0.717) is 12.3 Å². The molecule has 5 nitrogen and oxygen atoms in total. The van der Waals surface area contributed by atoms with Gasteiger partial charge in [0.05, 0.1) is 18.2 Å². The van der Waals surface area contributed by atoms with Gasteiger partial charge in [-0.05, 0) is 12.3 Å². The number of nitrogens with two attached hydrogens (primary N) is 1. The molecule has 1 amide bonds. The van der Waals surface area contributed by atoms with Gasteiger partial charge in [0.2, 0.25) is 5.91 Å². The summed E-state index contributed by atoms with van der Waals surface area (Å²) in [4.78, 5) is 13.2. The van der Waals surface area contributed by atoms with Gasteiger partial charge in [-0.3, -0.25) is 4.79 Å². The molecule has 0 aromatic rings. The number of likely N-dealkylation sites (tertiary alicyclic amines) is 1. The predicted molar refractivity (Wildman–Crippen MR) is 56.0 cm³/mol. The van der Waals surface area contributed by atoms with E-state index < -0.39 is 18.2 Å². The zero-order valence-electron chi connectivity index (χ0n) is 9.26. The van der Waals surface area contributed by atoms with Gasteiger partial charge < -0.3 is 20.8 Å². The quantitative estimate of drug-likeness (QED) is 0.560. The summed E-state index contributed by atoms with van der Waals surface area (Å²) in [6.07, 6.45) is -1.04. The van der Waals surface area contributed by atoms with Gasteiger partial charge in [-0.1, -0.05) is 13.8 Å². The summed E-state index contributed by atoms with van der Waals surface area (Å²) in [7, 11) is 0. The molecule has 1 heterocycles. The average Bonchev–Trinajstić information content (AvgIpc) is 2.44. The molecular weight excluding hydrogens is 196 g/mol. The predicted octanol–water partition coefficient (Wildman–Crippen LogP) is -1.08. The molecule has 4 N–H and O–H groups in total. The summed E-state index contributed by atoms with van der Waals surface area (Å²) in [6, 6.07) is -0.525. The van der Waals surface area contributed by atoms with Gasteiger partial charge in [0.15, 0.2) is 0 Å². The van der Waals surface area contributed by atoms with Crippen molar-refractivity contribution in [1.82, 2.24) is 4.90 Å². The van der Waals surface area contributed by atoms with Crippen LogP contribution in [0.3, 0.4) is 0 Å². The highest BCUT2D eigenvalue weighted by Gasteiger charge is 2.34. The molecule has 0 spiro atoms. The maximum Gasteiger partial charge on any atom is 0.239 e. The first-order valence-corrected chi connectivity index (χ1v) is 5.32. The highest BCUT2D eigenvalue weighted by molar-refractivity contribution is 5.82.